The minimum atomic E-state index is -1.01. The van der Waals surface area contributed by atoms with Gasteiger partial charge in [0.15, 0.2) is 0 Å². The lowest BCUT2D eigenvalue weighted by molar-refractivity contribution is 0.344. The van der Waals surface area contributed by atoms with Crippen molar-refractivity contribution in [2.24, 2.45) is 0 Å². The lowest BCUT2D eigenvalue weighted by Crippen LogP contribution is -2.25. The van der Waals surface area contributed by atoms with Gasteiger partial charge in [-0.1, -0.05) is 24.3 Å². The lowest BCUT2D eigenvalue weighted by Gasteiger charge is -2.21. The first-order chi connectivity index (χ1) is 7.78. The second-order valence-corrected chi connectivity index (χ2v) is 7.39. The van der Waals surface area contributed by atoms with Crippen LogP contribution in [0.5, 0.6) is 0 Å². The molecule has 0 unspecified atom stereocenters. The van der Waals surface area contributed by atoms with E-state index in [4.69, 9.17) is 0 Å². The minimum absolute atomic E-state index is 0.0805. The summed E-state index contributed by atoms with van der Waals surface area (Å²) < 4.78 is 0. The zero-order valence-corrected chi connectivity index (χ0v) is 10.6. The number of hydrogen-bond acceptors (Lipinski definition) is 4. The average molecular weight is 262 g/mol. The number of benzene rings is 1. The summed E-state index contributed by atoms with van der Waals surface area (Å²) >= 11 is 0. The molecule has 0 fully saturated rings. The molecule has 90 valence electrons. The van der Waals surface area contributed by atoms with Crippen LogP contribution in [0, 0.1) is 0 Å². The molecule has 0 aliphatic heterocycles. The summed E-state index contributed by atoms with van der Waals surface area (Å²) in [5.74, 6) is 0. The van der Waals surface area contributed by atoms with Crippen molar-refractivity contribution in [2.75, 3.05) is 25.4 Å². The second-order valence-electron chi connectivity index (χ2n) is 3.13. The first-order valence-electron chi connectivity index (χ1n) is 4.80. The van der Waals surface area contributed by atoms with Crippen molar-refractivity contribution in [3.8, 4) is 0 Å². The van der Waals surface area contributed by atoms with Crippen LogP contribution in [0.1, 0.15) is 0 Å². The Bertz CT molecular complexity index is 282. The van der Waals surface area contributed by atoms with E-state index in [9.17, 15) is 20.4 Å². The van der Waals surface area contributed by atoms with Crippen LogP contribution in [0.4, 0.5) is 0 Å². The highest BCUT2D eigenvalue weighted by molar-refractivity contribution is 7.71. The molecule has 16 heavy (non-hydrogen) atoms. The highest BCUT2D eigenvalue weighted by Gasteiger charge is 2.18. The SMILES string of the molecule is OCP(CO)c1ccccc1P(CO)CO. The molecule has 6 heteroatoms. The summed E-state index contributed by atoms with van der Waals surface area (Å²) in [6.45, 7) is 0. The van der Waals surface area contributed by atoms with Gasteiger partial charge in [0.05, 0.1) is 25.4 Å². The fourth-order valence-electron chi connectivity index (χ4n) is 1.39. The lowest BCUT2D eigenvalue weighted by atomic mass is 10.4. The Morgan fingerprint density at radius 3 is 1.25 bits per heavy atom. The van der Waals surface area contributed by atoms with Gasteiger partial charge in [-0.3, -0.25) is 0 Å². The molecular formula is C10H16O4P2. The van der Waals surface area contributed by atoms with E-state index in [1.54, 1.807) is 0 Å². The molecule has 1 aromatic carbocycles. The second kappa shape index (κ2) is 7.29. The van der Waals surface area contributed by atoms with Crippen molar-refractivity contribution in [3.63, 3.8) is 0 Å². The van der Waals surface area contributed by atoms with Crippen LogP contribution in [-0.2, 0) is 0 Å². The van der Waals surface area contributed by atoms with Crippen LogP contribution >= 0.6 is 15.8 Å². The third-order valence-electron chi connectivity index (χ3n) is 2.25. The summed E-state index contributed by atoms with van der Waals surface area (Å²) in [6, 6.07) is 7.35. The van der Waals surface area contributed by atoms with E-state index in [0.717, 1.165) is 10.6 Å². The topological polar surface area (TPSA) is 80.9 Å². The number of hydrogen-bond donors (Lipinski definition) is 4. The summed E-state index contributed by atoms with van der Waals surface area (Å²) in [5.41, 5.74) is 0. The molecular weight excluding hydrogens is 246 g/mol. The summed E-state index contributed by atoms with van der Waals surface area (Å²) in [6.07, 6.45) is -0.322. The normalized spacial score (nSPS) is 11.4. The monoisotopic (exact) mass is 262 g/mol. The largest absolute Gasteiger partial charge is 0.391 e. The Hall–Kier alpha value is -0.0800. The number of aliphatic hydroxyl groups is 4. The first kappa shape index (κ1) is 14.0. The predicted octanol–water partition coefficient (Wildman–Crippen LogP) is -0.300. The van der Waals surface area contributed by atoms with Crippen molar-refractivity contribution >= 4 is 26.5 Å². The fourth-order valence-corrected chi connectivity index (χ4v) is 4.42. The van der Waals surface area contributed by atoms with E-state index < -0.39 is 15.8 Å². The van der Waals surface area contributed by atoms with Crippen LogP contribution in [-0.4, -0.2) is 45.8 Å². The molecule has 0 radical (unpaired) electrons. The van der Waals surface area contributed by atoms with Gasteiger partial charge >= 0.3 is 0 Å². The van der Waals surface area contributed by atoms with Crippen molar-refractivity contribution in [1.82, 2.24) is 0 Å². The molecule has 1 aromatic rings. The van der Waals surface area contributed by atoms with Crippen molar-refractivity contribution in [3.05, 3.63) is 24.3 Å². The zero-order chi connectivity index (χ0) is 12.0. The Balaban J connectivity index is 3.07. The molecule has 0 aliphatic carbocycles. The molecule has 0 aromatic heterocycles. The summed E-state index contributed by atoms with van der Waals surface area (Å²) in [5, 5.41) is 38.5. The van der Waals surface area contributed by atoms with Gasteiger partial charge in [-0.15, -0.1) is 0 Å². The minimum Gasteiger partial charge on any atom is -0.391 e. The highest BCUT2D eigenvalue weighted by Crippen LogP contribution is 2.37. The Morgan fingerprint density at radius 1 is 0.688 bits per heavy atom. The highest BCUT2D eigenvalue weighted by atomic mass is 31.1. The molecule has 4 N–H and O–H groups in total. The Kier molecular flexibility index (Phi) is 6.37. The van der Waals surface area contributed by atoms with Gasteiger partial charge in [-0.25, -0.2) is 0 Å². The van der Waals surface area contributed by atoms with Crippen molar-refractivity contribution in [1.29, 1.82) is 0 Å². The third-order valence-corrected chi connectivity index (χ3v) is 5.93. The first-order valence-corrected chi connectivity index (χ1v) is 8.23. The quantitative estimate of drug-likeness (QED) is 0.531. The van der Waals surface area contributed by atoms with Crippen LogP contribution in [0.15, 0.2) is 24.3 Å². The van der Waals surface area contributed by atoms with E-state index in [1.807, 2.05) is 24.3 Å². The van der Waals surface area contributed by atoms with E-state index in [2.05, 4.69) is 0 Å². The van der Waals surface area contributed by atoms with Gasteiger partial charge in [0.1, 0.15) is 0 Å². The third kappa shape index (κ3) is 3.21. The molecule has 0 atom stereocenters. The molecule has 4 nitrogen and oxygen atoms in total. The van der Waals surface area contributed by atoms with Gasteiger partial charge in [-0.05, 0) is 26.5 Å². The molecule has 0 saturated carbocycles. The smallest absolute Gasteiger partial charge is 0.0688 e. The maximum atomic E-state index is 9.18. The molecule has 0 heterocycles. The molecule has 0 aliphatic rings. The predicted molar refractivity (Wildman–Crippen MR) is 67.9 cm³/mol. The maximum absolute atomic E-state index is 9.18. The van der Waals surface area contributed by atoms with E-state index in [0.29, 0.717) is 0 Å². The van der Waals surface area contributed by atoms with Gasteiger partial charge in [0, 0.05) is 0 Å². The Labute approximate surface area is 97.1 Å². The molecule has 0 bridgehead atoms. The molecule has 0 amide bonds. The molecule has 0 saturated heterocycles. The van der Waals surface area contributed by atoms with Crippen LogP contribution in [0.25, 0.3) is 0 Å². The van der Waals surface area contributed by atoms with Crippen LogP contribution < -0.4 is 10.6 Å². The van der Waals surface area contributed by atoms with Crippen LogP contribution in [0.3, 0.4) is 0 Å². The van der Waals surface area contributed by atoms with Crippen molar-refractivity contribution in [2.45, 2.75) is 0 Å². The van der Waals surface area contributed by atoms with E-state index >= 15 is 0 Å². The van der Waals surface area contributed by atoms with E-state index in [1.165, 1.54) is 0 Å². The number of aliphatic hydroxyl groups excluding tert-OH is 4. The van der Waals surface area contributed by atoms with Gasteiger partial charge in [-0.2, -0.15) is 0 Å². The molecule has 1 rings (SSSR count). The Morgan fingerprint density at radius 2 is 1.00 bits per heavy atom. The molecule has 0 spiro atoms. The average Bonchev–Trinajstić information content (AvgIpc) is 2.34. The maximum Gasteiger partial charge on any atom is 0.0688 e. The van der Waals surface area contributed by atoms with E-state index in [-0.39, 0.29) is 25.4 Å². The standard InChI is InChI=1S/C10H16O4P2/c11-5-15(6-12)9-3-1-2-4-10(9)16(7-13)8-14/h1-4,11-14H,5-8H2. The van der Waals surface area contributed by atoms with Gasteiger partial charge in [0.25, 0.3) is 0 Å². The summed E-state index contributed by atoms with van der Waals surface area (Å²) in [4.78, 5) is 0. The zero-order valence-electron chi connectivity index (χ0n) is 8.82. The fraction of sp³-hybridized carbons (Fsp3) is 0.400. The van der Waals surface area contributed by atoms with Gasteiger partial charge in [0.2, 0.25) is 0 Å². The number of rotatable bonds is 6. The summed E-state index contributed by atoms with van der Waals surface area (Å²) in [7, 11) is -2.02. The van der Waals surface area contributed by atoms with Crippen LogP contribution in [0.2, 0.25) is 0 Å². The van der Waals surface area contributed by atoms with Crippen molar-refractivity contribution < 1.29 is 20.4 Å². The van der Waals surface area contributed by atoms with Gasteiger partial charge < -0.3 is 20.4 Å².